The lowest BCUT2D eigenvalue weighted by Gasteiger charge is -2.06. The van der Waals surface area contributed by atoms with Gasteiger partial charge in [-0.2, -0.15) is 0 Å². The smallest absolute Gasteiger partial charge is 0.482 e. The Hall–Kier alpha value is -1.18. The molecule has 4 nitrogen and oxygen atoms in total. The fraction of sp³-hybridized carbons (Fsp3) is 0. The van der Waals surface area contributed by atoms with E-state index in [0.29, 0.717) is 5.69 Å². The Kier molecular flexibility index (Phi) is 2.59. The van der Waals surface area contributed by atoms with Crippen LogP contribution in [0.2, 0.25) is 0 Å². The first-order chi connectivity index (χ1) is 5.65. The fourth-order valence-corrected chi connectivity index (χ4v) is 1.01. The number of hydrogen-bond donors (Lipinski definition) is 2. The van der Waals surface area contributed by atoms with Gasteiger partial charge in [0, 0.05) is 11.8 Å². The summed E-state index contributed by atoms with van der Waals surface area (Å²) in [6.07, 6.45) is 0. The van der Waals surface area contributed by atoms with E-state index in [2.05, 4.69) is 0 Å². The van der Waals surface area contributed by atoms with Crippen LogP contribution in [0.15, 0.2) is 18.2 Å². The Balaban J connectivity index is 3.20. The molecule has 0 atom stereocenters. The second-order valence-corrected chi connectivity index (χ2v) is 2.41. The van der Waals surface area contributed by atoms with Crippen molar-refractivity contribution in [1.29, 1.82) is 0 Å². The summed E-state index contributed by atoms with van der Waals surface area (Å²) in [5.41, 5.74) is 5.99. The maximum absolute atomic E-state index is 10.6. The van der Waals surface area contributed by atoms with Crippen molar-refractivity contribution in [2.24, 2.45) is 0 Å². The standard InChI is InChI=1S/C7H7NO3.Al/c8-4-1-2-5(7(10)11)6(9)3-4;/h1-3,9H,8H2,(H,10,11);/q;+1/p-1. The van der Waals surface area contributed by atoms with Crippen molar-refractivity contribution in [2.45, 2.75) is 0 Å². The van der Waals surface area contributed by atoms with E-state index >= 15 is 0 Å². The van der Waals surface area contributed by atoms with Crippen LogP contribution in [0.5, 0.6) is 5.75 Å². The number of carbonyl (C=O) groups is 1. The van der Waals surface area contributed by atoms with Crippen LogP contribution in [0, 0.1) is 0 Å². The first kappa shape index (κ1) is 8.91. The molecule has 0 saturated carbocycles. The Labute approximate surface area is 77.7 Å². The van der Waals surface area contributed by atoms with E-state index in [0.717, 1.165) is 0 Å². The van der Waals surface area contributed by atoms with Gasteiger partial charge >= 0.3 is 22.6 Å². The molecule has 0 fully saturated rings. The third-order valence-corrected chi connectivity index (χ3v) is 1.62. The van der Waals surface area contributed by atoms with Gasteiger partial charge < -0.3 is 14.6 Å². The largest absolute Gasteiger partial charge is 0.653 e. The van der Waals surface area contributed by atoms with Crippen molar-refractivity contribution in [1.82, 2.24) is 0 Å². The van der Waals surface area contributed by atoms with E-state index in [1.807, 2.05) is 16.6 Å². The molecular weight excluding hydrogens is 173 g/mol. The molecule has 0 bridgehead atoms. The molecule has 3 N–H and O–H groups in total. The van der Waals surface area contributed by atoms with Gasteiger partial charge in [-0.25, -0.2) is 4.79 Å². The normalized spacial score (nSPS) is 9.33. The van der Waals surface area contributed by atoms with Gasteiger partial charge in [-0.15, -0.1) is 0 Å². The summed E-state index contributed by atoms with van der Waals surface area (Å²) in [5, 5.41) is 8.66. The molecule has 12 heavy (non-hydrogen) atoms. The molecule has 0 amide bonds. The van der Waals surface area contributed by atoms with Crippen molar-refractivity contribution in [3.05, 3.63) is 23.8 Å². The van der Waals surface area contributed by atoms with Crippen LogP contribution in [-0.2, 0) is 0 Å². The lowest BCUT2D eigenvalue weighted by atomic mass is 10.2. The molecule has 0 aliphatic heterocycles. The number of carboxylic acids is 1. The summed E-state index contributed by atoms with van der Waals surface area (Å²) in [6.45, 7) is 0. The van der Waals surface area contributed by atoms with Gasteiger partial charge in [-0.05, 0) is 12.1 Å². The molecule has 0 saturated heterocycles. The number of nitrogens with two attached hydrogens (primary N) is 1. The van der Waals surface area contributed by atoms with Crippen molar-refractivity contribution in [3.8, 4) is 5.75 Å². The fourth-order valence-electron chi connectivity index (χ4n) is 0.813. The van der Waals surface area contributed by atoms with Crippen LogP contribution in [0.4, 0.5) is 5.69 Å². The zero-order valence-electron chi connectivity index (χ0n) is 6.15. The molecule has 0 spiro atoms. The first-order valence-corrected chi connectivity index (χ1v) is 3.62. The quantitative estimate of drug-likeness (QED) is 0.510. The van der Waals surface area contributed by atoms with Crippen LogP contribution >= 0.6 is 0 Å². The molecule has 60 valence electrons. The van der Waals surface area contributed by atoms with Crippen LogP contribution < -0.4 is 9.52 Å². The lowest BCUT2D eigenvalue weighted by Crippen LogP contribution is -2.01. The monoisotopic (exact) mass is 179 g/mol. The SMILES string of the molecule is Nc1ccc(C(=O)O)c([O][Al])c1. The highest BCUT2D eigenvalue weighted by molar-refractivity contribution is 6.02. The predicted octanol–water partition coefficient (Wildman–Crippen LogP) is 0.429. The van der Waals surface area contributed by atoms with Gasteiger partial charge in [-0.3, -0.25) is 0 Å². The van der Waals surface area contributed by atoms with Crippen LogP contribution in [0.3, 0.4) is 0 Å². The minimum atomic E-state index is -1.03. The molecular formula is C7H6AlNO3. The van der Waals surface area contributed by atoms with E-state index in [4.69, 9.17) is 14.6 Å². The summed E-state index contributed by atoms with van der Waals surface area (Å²) in [7, 11) is 0. The molecule has 1 aromatic carbocycles. The molecule has 1 aromatic rings. The van der Waals surface area contributed by atoms with E-state index in [1.54, 1.807) is 0 Å². The Morgan fingerprint density at radius 1 is 1.58 bits per heavy atom. The van der Waals surface area contributed by atoms with Gasteiger partial charge in [0.1, 0.15) is 0 Å². The predicted molar refractivity (Wildman–Crippen MR) is 44.2 cm³/mol. The highest BCUT2D eigenvalue weighted by Gasteiger charge is 2.08. The van der Waals surface area contributed by atoms with Gasteiger partial charge in [0.2, 0.25) is 0 Å². The zero-order valence-corrected chi connectivity index (χ0v) is 7.31. The van der Waals surface area contributed by atoms with E-state index in [1.165, 1.54) is 18.2 Å². The molecule has 0 aliphatic carbocycles. The van der Waals surface area contributed by atoms with Gasteiger partial charge in [0.15, 0.2) is 0 Å². The van der Waals surface area contributed by atoms with Crippen LogP contribution in [0.1, 0.15) is 10.4 Å². The number of carboxylic acid groups (broad SMARTS) is 1. The second-order valence-electron chi connectivity index (χ2n) is 2.18. The van der Waals surface area contributed by atoms with Gasteiger partial charge in [0.25, 0.3) is 0 Å². The van der Waals surface area contributed by atoms with Crippen molar-refractivity contribution >= 4 is 28.3 Å². The second kappa shape index (κ2) is 3.48. The van der Waals surface area contributed by atoms with Crippen molar-refractivity contribution in [3.63, 3.8) is 0 Å². The average Bonchev–Trinajstić information content (AvgIpc) is 2.03. The number of hydrogen-bond acceptors (Lipinski definition) is 3. The number of rotatable bonds is 2. The summed E-state index contributed by atoms with van der Waals surface area (Å²) in [4.78, 5) is 10.6. The summed E-state index contributed by atoms with van der Waals surface area (Å²) >= 11 is 1.98. The van der Waals surface area contributed by atoms with E-state index in [9.17, 15) is 4.79 Å². The highest BCUT2D eigenvalue weighted by atomic mass is 27.1. The molecule has 0 heterocycles. The molecule has 2 radical (unpaired) electrons. The Bertz CT molecular complexity index is 314. The van der Waals surface area contributed by atoms with Crippen LogP contribution in [-0.4, -0.2) is 27.7 Å². The van der Waals surface area contributed by atoms with E-state index < -0.39 is 5.97 Å². The van der Waals surface area contributed by atoms with Crippen molar-refractivity contribution < 1.29 is 13.7 Å². The maximum Gasteiger partial charge on any atom is 0.482 e. The number of benzene rings is 1. The summed E-state index contributed by atoms with van der Waals surface area (Å²) < 4.78 is 4.74. The topological polar surface area (TPSA) is 72.6 Å². The molecule has 0 aromatic heterocycles. The molecule has 0 unspecified atom stereocenters. The Morgan fingerprint density at radius 2 is 2.25 bits per heavy atom. The number of aromatic carboxylic acids is 1. The van der Waals surface area contributed by atoms with Crippen molar-refractivity contribution in [2.75, 3.05) is 5.73 Å². The van der Waals surface area contributed by atoms with Gasteiger partial charge in [-0.1, -0.05) is 0 Å². The average molecular weight is 179 g/mol. The Morgan fingerprint density at radius 3 is 2.75 bits per heavy atom. The lowest BCUT2D eigenvalue weighted by molar-refractivity contribution is 0.0695. The molecule has 1 rings (SSSR count). The highest BCUT2D eigenvalue weighted by Crippen LogP contribution is 2.20. The molecule has 5 heteroatoms. The van der Waals surface area contributed by atoms with E-state index in [-0.39, 0.29) is 11.3 Å². The minimum absolute atomic E-state index is 0.0965. The first-order valence-electron chi connectivity index (χ1n) is 3.14. The minimum Gasteiger partial charge on any atom is -0.653 e. The summed E-state index contributed by atoms with van der Waals surface area (Å²) in [6, 6.07) is 4.37. The molecule has 0 aliphatic rings. The number of anilines is 1. The third-order valence-electron chi connectivity index (χ3n) is 1.36. The zero-order chi connectivity index (χ0) is 9.14. The maximum atomic E-state index is 10.6. The third kappa shape index (κ3) is 1.70. The summed E-state index contributed by atoms with van der Waals surface area (Å²) in [5.74, 6) is -0.792. The number of nitrogen functional groups attached to an aromatic ring is 1. The van der Waals surface area contributed by atoms with Gasteiger partial charge in [0.05, 0.1) is 11.3 Å². The van der Waals surface area contributed by atoms with Crippen LogP contribution in [0.25, 0.3) is 0 Å².